The Morgan fingerprint density at radius 2 is 1.38 bits per heavy atom. The summed E-state index contributed by atoms with van der Waals surface area (Å²) in [6, 6.07) is 19.9. The Kier molecular flexibility index (Phi) is 5.64. The van der Waals surface area contributed by atoms with Gasteiger partial charge < -0.3 is 20.0 Å². The van der Waals surface area contributed by atoms with Crippen LogP contribution in [0.25, 0.3) is 21.5 Å². The number of phenols is 2. The van der Waals surface area contributed by atoms with Crippen LogP contribution in [0.1, 0.15) is 37.8 Å². The molecule has 1 aromatic heterocycles. The van der Waals surface area contributed by atoms with Gasteiger partial charge in [-0.3, -0.25) is 14.6 Å². The number of anilines is 2. The van der Waals surface area contributed by atoms with Gasteiger partial charge in [-0.1, -0.05) is 48.5 Å². The molecule has 0 saturated heterocycles. The van der Waals surface area contributed by atoms with Gasteiger partial charge in [-0.2, -0.15) is 0 Å². The lowest BCUT2D eigenvalue weighted by molar-refractivity contribution is 0.0988. The van der Waals surface area contributed by atoms with Crippen LogP contribution in [0.5, 0.6) is 11.5 Å². The summed E-state index contributed by atoms with van der Waals surface area (Å²) in [6.07, 6.45) is 3.57. The van der Waals surface area contributed by atoms with E-state index >= 15 is 0 Å². The summed E-state index contributed by atoms with van der Waals surface area (Å²) >= 11 is 6.34. The van der Waals surface area contributed by atoms with E-state index in [4.69, 9.17) is 11.6 Å². The van der Waals surface area contributed by atoms with E-state index in [2.05, 4.69) is 4.98 Å². The minimum absolute atomic E-state index is 0.0906. The molecule has 0 saturated carbocycles. The Labute approximate surface area is 234 Å². The number of phenolic OH excluding ortho intramolecular Hbond substituents is 2. The summed E-state index contributed by atoms with van der Waals surface area (Å²) in [6.45, 7) is 0.818. The summed E-state index contributed by atoms with van der Waals surface area (Å²) in [4.78, 5) is 35.0. The number of hydrogen-bond acceptors (Lipinski definition) is 5. The zero-order valence-electron chi connectivity index (χ0n) is 21.3. The van der Waals surface area contributed by atoms with Crippen molar-refractivity contribution in [3.05, 3.63) is 101 Å². The first-order chi connectivity index (χ1) is 19.5. The fraction of sp³-hybridized carbons (Fsp3) is 0.156. The highest BCUT2D eigenvalue weighted by molar-refractivity contribution is 6.19. The number of amides is 2. The molecule has 4 aromatic carbocycles. The van der Waals surface area contributed by atoms with Gasteiger partial charge in [-0.25, -0.2) is 0 Å². The lowest BCUT2D eigenvalue weighted by Crippen LogP contribution is -2.31. The molecule has 7 nitrogen and oxygen atoms in total. The van der Waals surface area contributed by atoms with Crippen LogP contribution in [-0.4, -0.2) is 46.0 Å². The summed E-state index contributed by atoms with van der Waals surface area (Å²) in [7, 11) is 0. The average molecular weight is 550 g/mol. The summed E-state index contributed by atoms with van der Waals surface area (Å²) < 4.78 is 0. The van der Waals surface area contributed by atoms with Crippen molar-refractivity contribution in [1.29, 1.82) is 0 Å². The molecule has 3 heterocycles. The van der Waals surface area contributed by atoms with Crippen molar-refractivity contribution in [2.24, 2.45) is 0 Å². The smallest absolute Gasteiger partial charge is 0.259 e. The topological polar surface area (TPSA) is 94.0 Å². The summed E-state index contributed by atoms with van der Waals surface area (Å²) in [5.41, 5.74) is 3.76. The van der Waals surface area contributed by atoms with E-state index < -0.39 is 0 Å². The molecule has 0 bridgehead atoms. The number of fused-ring (bicyclic) bond motifs is 6. The lowest BCUT2D eigenvalue weighted by atomic mass is 9.95. The number of pyridine rings is 1. The van der Waals surface area contributed by atoms with Crippen molar-refractivity contribution in [2.75, 3.05) is 28.8 Å². The number of benzene rings is 4. The molecule has 8 heteroatoms. The monoisotopic (exact) mass is 549 g/mol. The minimum Gasteiger partial charge on any atom is -0.507 e. The molecule has 1 unspecified atom stereocenters. The number of carbonyl (C=O) groups is 2. The Hall–Kier alpha value is -4.62. The highest BCUT2D eigenvalue weighted by Gasteiger charge is 2.35. The molecule has 0 spiro atoms. The van der Waals surface area contributed by atoms with Crippen LogP contribution >= 0.6 is 11.6 Å². The second-order valence-electron chi connectivity index (χ2n) is 10.2. The largest absolute Gasteiger partial charge is 0.507 e. The number of nitrogens with zero attached hydrogens (tertiary/aromatic N) is 3. The Bertz CT molecular complexity index is 1870. The van der Waals surface area contributed by atoms with Gasteiger partial charge in [0, 0.05) is 60.2 Å². The van der Waals surface area contributed by atoms with Crippen LogP contribution < -0.4 is 9.80 Å². The van der Waals surface area contributed by atoms with Crippen molar-refractivity contribution in [3.8, 4) is 11.5 Å². The molecule has 2 N–H and O–H groups in total. The number of aromatic hydroxyl groups is 2. The van der Waals surface area contributed by atoms with E-state index in [0.717, 1.165) is 27.3 Å². The Balaban J connectivity index is 1.24. The molecule has 2 aliphatic rings. The van der Waals surface area contributed by atoms with Gasteiger partial charge in [0.2, 0.25) is 0 Å². The number of halogens is 1. The fourth-order valence-electron chi connectivity index (χ4n) is 6.19. The van der Waals surface area contributed by atoms with Gasteiger partial charge in [-0.15, -0.1) is 11.6 Å². The third-order valence-electron chi connectivity index (χ3n) is 8.04. The van der Waals surface area contributed by atoms with Gasteiger partial charge in [0.05, 0.1) is 22.5 Å². The second kappa shape index (κ2) is 9.24. The molecule has 1 atom stereocenters. The highest BCUT2D eigenvalue weighted by atomic mass is 35.5. The first-order valence-electron chi connectivity index (χ1n) is 13.1. The SMILES string of the molecule is O=C(c1cncc(C(=O)N2CC(CCl)c3c2cc(O)c2ccccc32)c1)N1CCc2c1cc(O)c1ccccc21. The van der Waals surface area contributed by atoms with Gasteiger partial charge in [-0.05, 0) is 34.4 Å². The summed E-state index contributed by atoms with van der Waals surface area (Å²) in [5, 5.41) is 24.6. The van der Waals surface area contributed by atoms with E-state index in [9.17, 15) is 19.8 Å². The van der Waals surface area contributed by atoms with Crippen molar-refractivity contribution >= 4 is 56.3 Å². The highest BCUT2D eigenvalue weighted by Crippen LogP contribution is 2.46. The number of rotatable bonds is 3. The molecule has 40 heavy (non-hydrogen) atoms. The summed E-state index contributed by atoms with van der Waals surface area (Å²) in [5.74, 6) is -0.192. The van der Waals surface area contributed by atoms with Crippen molar-refractivity contribution in [3.63, 3.8) is 0 Å². The van der Waals surface area contributed by atoms with E-state index in [1.54, 1.807) is 28.0 Å². The third kappa shape index (κ3) is 3.62. The molecule has 0 aliphatic carbocycles. The maximum absolute atomic E-state index is 13.8. The van der Waals surface area contributed by atoms with Crippen LogP contribution in [0.3, 0.4) is 0 Å². The normalized spacial score (nSPS) is 16.0. The van der Waals surface area contributed by atoms with Crippen LogP contribution in [0.2, 0.25) is 0 Å². The van der Waals surface area contributed by atoms with Crippen LogP contribution in [0.4, 0.5) is 11.4 Å². The minimum atomic E-state index is -0.323. The maximum Gasteiger partial charge on any atom is 0.259 e. The lowest BCUT2D eigenvalue weighted by Gasteiger charge is -2.20. The average Bonchev–Trinajstić information content (AvgIpc) is 3.58. The first-order valence-corrected chi connectivity index (χ1v) is 13.6. The van der Waals surface area contributed by atoms with E-state index in [0.29, 0.717) is 42.2 Å². The molecule has 198 valence electrons. The van der Waals surface area contributed by atoms with E-state index in [1.807, 2.05) is 48.5 Å². The molecule has 2 aliphatic heterocycles. The predicted octanol–water partition coefficient (Wildman–Crippen LogP) is 5.98. The second-order valence-corrected chi connectivity index (χ2v) is 10.6. The number of alkyl halides is 1. The van der Waals surface area contributed by atoms with Crippen molar-refractivity contribution in [2.45, 2.75) is 12.3 Å². The molecule has 0 fully saturated rings. The van der Waals surface area contributed by atoms with E-state index in [1.165, 1.54) is 12.4 Å². The third-order valence-corrected chi connectivity index (χ3v) is 8.41. The fourth-order valence-corrected chi connectivity index (χ4v) is 6.44. The van der Waals surface area contributed by atoms with Gasteiger partial charge in [0.1, 0.15) is 11.5 Å². The van der Waals surface area contributed by atoms with Crippen molar-refractivity contribution < 1.29 is 19.8 Å². The van der Waals surface area contributed by atoms with Crippen molar-refractivity contribution in [1.82, 2.24) is 4.98 Å². The zero-order chi connectivity index (χ0) is 27.5. The van der Waals surface area contributed by atoms with E-state index in [-0.39, 0.29) is 40.4 Å². The number of carbonyl (C=O) groups excluding carboxylic acids is 2. The predicted molar refractivity (Wildman–Crippen MR) is 156 cm³/mol. The van der Waals surface area contributed by atoms with Gasteiger partial charge >= 0.3 is 0 Å². The molecule has 0 radical (unpaired) electrons. The van der Waals surface area contributed by atoms with Crippen LogP contribution in [0.15, 0.2) is 79.1 Å². The Morgan fingerprint density at radius 3 is 2.05 bits per heavy atom. The number of hydrogen-bond donors (Lipinski definition) is 2. The number of aromatic nitrogens is 1. The zero-order valence-corrected chi connectivity index (χ0v) is 22.1. The van der Waals surface area contributed by atoms with Crippen LogP contribution in [-0.2, 0) is 6.42 Å². The Morgan fingerprint density at radius 1 is 0.800 bits per heavy atom. The maximum atomic E-state index is 13.8. The quantitative estimate of drug-likeness (QED) is 0.270. The molecular weight excluding hydrogens is 526 g/mol. The molecule has 2 amide bonds. The standard InChI is InChI=1S/C32H24ClN3O4/c33-14-20-17-36(27-13-29(38)24-7-3-4-8-25(24)30(20)27)32(40)19-11-18(15-34-16-19)31(39)35-10-9-22-21-5-1-2-6-23(21)28(37)12-26(22)35/h1-8,11-13,15-16,20,37-38H,9-10,14,17H2. The van der Waals surface area contributed by atoms with Gasteiger partial charge in [0.25, 0.3) is 11.8 Å². The first kappa shape index (κ1) is 24.4. The molecule has 5 aromatic rings. The molecule has 7 rings (SSSR count). The molecular formula is C32H24ClN3O4. The van der Waals surface area contributed by atoms with Crippen LogP contribution in [0, 0.1) is 0 Å². The van der Waals surface area contributed by atoms with Gasteiger partial charge in [0.15, 0.2) is 0 Å².